The lowest BCUT2D eigenvalue weighted by Gasteiger charge is -2.34. The number of halogens is 1. The fourth-order valence-corrected chi connectivity index (χ4v) is 3.42. The van der Waals surface area contributed by atoms with Gasteiger partial charge in [-0.1, -0.05) is 19.8 Å². The van der Waals surface area contributed by atoms with Crippen LogP contribution in [0.4, 0.5) is 0 Å². The van der Waals surface area contributed by atoms with Crippen LogP contribution in [0.2, 0.25) is 0 Å². The quantitative estimate of drug-likeness (QED) is 0.832. The van der Waals surface area contributed by atoms with Crippen LogP contribution in [0.3, 0.4) is 0 Å². The Balaban J connectivity index is 0.00000200. The summed E-state index contributed by atoms with van der Waals surface area (Å²) >= 11 is 0. The summed E-state index contributed by atoms with van der Waals surface area (Å²) in [5, 5.41) is 6.57. The highest BCUT2D eigenvalue weighted by molar-refractivity contribution is 5.85. The molecule has 20 heavy (non-hydrogen) atoms. The monoisotopic (exact) mass is 303 g/mol. The van der Waals surface area contributed by atoms with E-state index in [9.17, 15) is 4.79 Å². The van der Waals surface area contributed by atoms with Gasteiger partial charge in [-0.15, -0.1) is 12.4 Å². The van der Waals surface area contributed by atoms with E-state index in [2.05, 4.69) is 22.5 Å². The summed E-state index contributed by atoms with van der Waals surface area (Å²) in [6, 6.07) is 0.960. The molecule has 4 nitrogen and oxygen atoms in total. The van der Waals surface area contributed by atoms with Crippen molar-refractivity contribution in [2.45, 2.75) is 57.5 Å². The zero-order valence-electron chi connectivity index (χ0n) is 12.9. The van der Waals surface area contributed by atoms with E-state index in [0.29, 0.717) is 24.5 Å². The van der Waals surface area contributed by atoms with Crippen LogP contribution < -0.4 is 10.6 Å². The van der Waals surface area contributed by atoms with Crippen LogP contribution in [0.5, 0.6) is 0 Å². The van der Waals surface area contributed by atoms with Crippen LogP contribution in [0, 0.1) is 5.92 Å². The normalized spacial score (nSPS) is 31.4. The molecule has 0 bridgehead atoms. The molecule has 1 aliphatic carbocycles. The highest BCUT2D eigenvalue weighted by Gasteiger charge is 2.25. The van der Waals surface area contributed by atoms with Gasteiger partial charge < -0.3 is 10.6 Å². The third kappa shape index (κ3) is 5.23. The van der Waals surface area contributed by atoms with E-state index in [1.807, 2.05) is 7.05 Å². The Kier molecular flexibility index (Phi) is 7.85. The van der Waals surface area contributed by atoms with Gasteiger partial charge in [-0.2, -0.15) is 0 Å². The van der Waals surface area contributed by atoms with Crippen molar-refractivity contribution in [3.63, 3.8) is 0 Å². The lowest BCUT2D eigenvalue weighted by Crippen LogP contribution is -2.50. The molecule has 0 aromatic heterocycles. The topological polar surface area (TPSA) is 44.4 Å². The molecule has 3 atom stereocenters. The van der Waals surface area contributed by atoms with Gasteiger partial charge in [0.15, 0.2) is 0 Å². The number of carbonyl (C=O) groups is 1. The van der Waals surface area contributed by atoms with Crippen molar-refractivity contribution in [2.24, 2.45) is 5.92 Å². The van der Waals surface area contributed by atoms with Crippen LogP contribution in [0.15, 0.2) is 0 Å². The Bertz CT molecular complexity index is 301. The van der Waals surface area contributed by atoms with Gasteiger partial charge >= 0.3 is 0 Å². The minimum atomic E-state index is 0. The molecule has 1 heterocycles. The minimum Gasteiger partial charge on any atom is -0.352 e. The second kappa shape index (κ2) is 8.85. The Labute approximate surface area is 129 Å². The van der Waals surface area contributed by atoms with E-state index in [1.54, 1.807) is 0 Å². The summed E-state index contributed by atoms with van der Waals surface area (Å²) in [6.45, 7) is 4.90. The number of piperidine rings is 1. The van der Waals surface area contributed by atoms with Crippen molar-refractivity contribution < 1.29 is 4.79 Å². The maximum atomic E-state index is 12.1. The van der Waals surface area contributed by atoms with Gasteiger partial charge in [-0.05, 0) is 45.2 Å². The van der Waals surface area contributed by atoms with E-state index in [1.165, 1.54) is 32.1 Å². The molecule has 2 N–H and O–H groups in total. The smallest absolute Gasteiger partial charge is 0.234 e. The highest BCUT2D eigenvalue weighted by Crippen LogP contribution is 2.23. The zero-order valence-corrected chi connectivity index (χ0v) is 13.7. The van der Waals surface area contributed by atoms with Crippen molar-refractivity contribution in [2.75, 3.05) is 26.7 Å². The first-order valence-electron chi connectivity index (χ1n) is 7.88. The first kappa shape index (κ1) is 17.7. The molecule has 1 aliphatic heterocycles. The molecule has 0 radical (unpaired) electrons. The van der Waals surface area contributed by atoms with Gasteiger partial charge in [0.25, 0.3) is 0 Å². The number of likely N-dealkylation sites (N-methyl/N-ethyl adjacent to an activating group) is 1. The molecule has 0 aromatic rings. The highest BCUT2D eigenvalue weighted by atomic mass is 35.5. The van der Waals surface area contributed by atoms with Crippen molar-refractivity contribution >= 4 is 18.3 Å². The number of nitrogens with zero attached hydrogens (tertiary/aromatic N) is 1. The number of hydrogen-bond acceptors (Lipinski definition) is 3. The van der Waals surface area contributed by atoms with Gasteiger partial charge in [0.1, 0.15) is 0 Å². The summed E-state index contributed by atoms with van der Waals surface area (Å²) in [7, 11) is 2.01. The summed E-state index contributed by atoms with van der Waals surface area (Å²) in [5.74, 6) is 0.861. The van der Waals surface area contributed by atoms with Gasteiger partial charge in [-0.25, -0.2) is 0 Å². The third-order valence-corrected chi connectivity index (χ3v) is 4.74. The fourth-order valence-electron chi connectivity index (χ4n) is 3.42. The first-order valence-corrected chi connectivity index (χ1v) is 7.88. The second-order valence-corrected chi connectivity index (χ2v) is 6.30. The number of likely N-dealkylation sites (tertiary alicyclic amines) is 1. The van der Waals surface area contributed by atoms with E-state index in [4.69, 9.17) is 0 Å². The number of amides is 1. The maximum Gasteiger partial charge on any atom is 0.234 e. The van der Waals surface area contributed by atoms with Crippen molar-refractivity contribution in [3.05, 3.63) is 0 Å². The van der Waals surface area contributed by atoms with Crippen LogP contribution in [0.1, 0.15) is 45.4 Å². The van der Waals surface area contributed by atoms with E-state index < -0.39 is 0 Å². The first-order chi connectivity index (χ1) is 9.19. The van der Waals surface area contributed by atoms with Crippen molar-refractivity contribution in [1.82, 2.24) is 15.5 Å². The predicted molar refractivity (Wildman–Crippen MR) is 85.3 cm³/mol. The summed E-state index contributed by atoms with van der Waals surface area (Å²) in [6.07, 6.45) is 7.43. The van der Waals surface area contributed by atoms with Gasteiger partial charge in [0, 0.05) is 18.6 Å². The lowest BCUT2D eigenvalue weighted by molar-refractivity contribution is -0.123. The van der Waals surface area contributed by atoms with Crippen LogP contribution in [-0.2, 0) is 4.79 Å². The number of hydrogen-bond donors (Lipinski definition) is 2. The summed E-state index contributed by atoms with van der Waals surface area (Å²) < 4.78 is 0. The molecule has 118 valence electrons. The summed E-state index contributed by atoms with van der Waals surface area (Å²) in [5.41, 5.74) is 0. The Hall–Kier alpha value is -0.320. The number of carbonyl (C=O) groups excluding carboxylic acids is 1. The average Bonchev–Trinajstić information content (AvgIpc) is 2.41. The van der Waals surface area contributed by atoms with Gasteiger partial charge in [0.05, 0.1) is 6.54 Å². The molecule has 1 amide bonds. The molecule has 5 heteroatoms. The fraction of sp³-hybridized carbons (Fsp3) is 0.933. The average molecular weight is 304 g/mol. The Morgan fingerprint density at radius 2 is 1.95 bits per heavy atom. The molecule has 1 saturated carbocycles. The SMILES string of the molecule is CNC1CCCN(CC(=O)NC2CCCCC2C)C1.Cl. The molecule has 2 fully saturated rings. The minimum absolute atomic E-state index is 0. The van der Waals surface area contributed by atoms with E-state index in [-0.39, 0.29) is 18.3 Å². The summed E-state index contributed by atoms with van der Waals surface area (Å²) in [4.78, 5) is 14.4. The zero-order chi connectivity index (χ0) is 13.7. The number of rotatable bonds is 4. The molecule has 0 aromatic carbocycles. The van der Waals surface area contributed by atoms with E-state index in [0.717, 1.165) is 19.5 Å². The second-order valence-electron chi connectivity index (χ2n) is 6.30. The molecule has 0 spiro atoms. The van der Waals surface area contributed by atoms with Gasteiger partial charge in [0.2, 0.25) is 5.91 Å². The van der Waals surface area contributed by atoms with Crippen molar-refractivity contribution in [3.8, 4) is 0 Å². The molecule has 2 rings (SSSR count). The largest absolute Gasteiger partial charge is 0.352 e. The lowest BCUT2D eigenvalue weighted by atomic mass is 9.86. The van der Waals surface area contributed by atoms with Crippen molar-refractivity contribution in [1.29, 1.82) is 0 Å². The standard InChI is InChI=1S/C15H29N3O.ClH/c1-12-6-3-4-8-14(12)17-15(19)11-18-9-5-7-13(10-18)16-2;/h12-14,16H,3-11H2,1-2H3,(H,17,19);1H. The van der Waals surface area contributed by atoms with Gasteiger partial charge in [-0.3, -0.25) is 9.69 Å². The molecule has 1 saturated heterocycles. The maximum absolute atomic E-state index is 12.1. The molecular formula is C15H30ClN3O. The molecular weight excluding hydrogens is 274 g/mol. The third-order valence-electron chi connectivity index (χ3n) is 4.74. The van der Waals surface area contributed by atoms with Crippen LogP contribution in [-0.4, -0.2) is 49.6 Å². The number of nitrogens with one attached hydrogen (secondary N) is 2. The Morgan fingerprint density at radius 3 is 2.65 bits per heavy atom. The molecule has 2 aliphatic rings. The Morgan fingerprint density at radius 1 is 1.20 bits per heavy atom. The van der Waals surface area contributed by atoms with E-state index >= 15 is 0 Å². The van der Waals surface area contributed by atoms with Crippen LogP contribution >= 0.6 is 12.4 Å². The van der Waals surface area contributed by atoms with Crippen LogP contribution in [0.25, 0.3) is 0 Å². The molecule has 3 unspecified atom stereocenters. The predicted octanol–water partition coefficient (Wildman–Crippen LogP) is 1.79.